The highest BCUT2D eigenvalue weighted by Crippen LogP contribution is 2.31. The van der Waals surface area contributed by atoms with Gasteiger partial charge in [0.25, 0.3) is 5.91 Å². The third kappa shape index (κ3) is 3.63. The van der Waals surface area contributed by atoms with Gasteiger partial charge in [0.1, 0.15) is 0 Å². The Hall–Kier alpha value is -0.660. The van der Waals surface area contributed by atoms with Crippen molar-refractivity contribution in [3.05, 3.63) is 22.4 Å². The van der Waals surface area contributed by atoms with Gasteiger partial charge in [0.2, 0.25) is 0 Å². The first-order valence-electron chi connectivity index (χ1n) is 8.32. The number of thiophene rings is 2. The molecule has 0 saturated carbocycles. The molecule has 2 fully saturated rings. The second-order valence-electron chi connectivity index (χ2n) is 7.07. The fourth-order valence-corrected chi connectivity index (χ4v) is 5.76. The predicted octanol–water partition coefficient (Wildman–Crippen LogP) is 3.14. The Morgan fingerprint density at radius 3 is 2.75 bits per heavy atom. The summed E-state index contributed by atoms with van der Waals surface area (Å²) in [5.74, 6) is 0.215. The molecule has 2 saturated heterocycles. The van der Waals surface area contributed by atoms with Crippen molar-refractivity contribution in [3.8, 4) is 0 Å². The Kier molecular flexibility index (Phi) is 5.52. The number of carbonyl (C=O) groups is 1. The lowest BCUT2D eigenvalue weighted by Gasteiger charge is -2.38. The van der Waals surface area contributed by atoms with Crippen LogP contribution in [-0.4, -0.2) is 61.5 Å². The normalized spacial score (nSPS) is 25.1. The summed E-state index contributed by atoms with van der Waals surface area (Å²) >= 11 is 3.34. The highest BCUT2D eigenvalue weighted by Gasteiger charge is 2.32. The van der Waals surface area contributed by atoms with E-state index in [2.05, 4.69) is 34.7 Å². The molecule has 132 valence electrons. The zero-order chi connectivity index (χ0) is 15.9. The number of piperazine rings is 1. The van der Waals surface area contributed by atoms with Gasteiger partial charge in [-0.15, -0.1) is 35.1 Å². The monoisotopic (exact) mass is 385 g/mol. The van der Waals surface area contributed by atoms with E-state index in [1.54, 1.807) is 22.7 Å². The van der Waals surface area contributed by atoms with E-state index in [4.69, 9.17) is 0 Å². The van der Waals surface area contributed by atoms with Crippen LogP contribution in [0, 0.1) is 5.41 Å². The molecule has 4 nitrogen and oxygen atoms in total. The lowest BCUT2D eigenvalue weighted by atomic mass is 9.89. The molecule has 2 aliphatic rings. The van der Waals surface area contributed by atoms with Gasteiger partial charge >= 0.3 is 0 Å². The molecule has 4 heterocycles. The number of halogens is 1. The zero-order valence-electron chi connectivity index (χ0n) is 13.9. The lowest BCUT2D eigenvalue weighted by Crippen LogP contribution is -2.51. The number of hydrogen-bond donors (Lipinski definition) is 1. The summed E-state index contributed by atoms with van der Waals surface area (Å²) in [7, 11) is 0. The number of nitrogens with zero attached hydrogens (tertiary/aromatic N) is 2. The van der Waals surface area contributed by atoms with Gasteiger partial charge in [-0.2, -0.15) is 0 Å². The van der Waals surface area contributed by atoms with Crippen molar-refractivity contribution in [2.24, 2.45) is 5.41 Å². The minimum Gasteiger partial charge on any atom is -0.335 e. The van der Waals surface area contributed by atoms with E-state index in [0.29, 0.717) is 5.41 Å². The molecule has 0 spiro atoms. The van der Waals surface area contributed by atoms with Gasteiger partial charge in [-0.05, 0) is 35.9 Å². The van der Waals surface area contributed by atoms with Crippen LogP contribution in [0.25, 0.3) is 9.40 Å². The minimum atomic E-state index is 0. The van der Waals surface area contributed by atoms with E-state index in [1.807, 2.05) is 4.90 Å². The molecule has 2 aliphatic heterocycles. The van der Waals surface area contributed by atoms with Gasteiger partial charge in [-0.1, -0.05) is 6.92 Å². The number of amides is 1. The average Bonchev–Trinajstić information content (AvgIpc) is 3.23. The fourth-order valence-electron chi connectivity index (χ4n) is 3.68. The summed E-state index contributed by atoms with van der Waals surface area (Å²) < 4.78 is 2.47. The number of hydrogen-bond acceptors (Lipinski definition) is 5. The molecule has 0 aromatic carbocycles. The lowest BCUT2D eigenvalue weighted by molar-refractivity contribution is 0.0586. The maximum atomic E-state index is 12.7. The van der Waals surface area contributed by atoms with E-state index in [0.717, 1.165) is 50.7 Å². The summed E-state index contributed by atoms with van der Waals surface area (Å²) in [6, 6.07) is 4.17. The summed E-state index contributed by atoms with van der Waals surface area (Å²) in [6.45, 7) is 9.51. The van der Waals surface area contributed by atoms with Gasteiger partial charge in [-0.3, -0.25) is 9.69 Å². The van der Waals surface area contributed by atoms with Crippen molar-refractivity contribution in [3.63, 3.8) is 0 Å². The third-order valence-corrected chi connectivity index (χ3v) is 7.15. The van der Waals surface area contributed by atoms with Crippen molar-refractivity contribution in [2.45, 2.75) is 13.3 Å². The van der Waals surface area contributed by atoms with Crippen LogP contribution in [-0.2, 0) is 0 Å². The van der Waals surface area contributed by atoms with E-state index >= 15 is 0 Å². The molecule has 4 rings (SSSR count). The van der Waals surface area contributed by atoms with Crippen LogP contribution in [0.4, 0.5) is 0 Å². The summed E-state index contributed by atoms with van der Waals surface area (Å²) in [4.78, 5) is 18.2. The second kappa shape index (κ2) is 7.30. The Balaban J connectivity index is 0.00000169. The topological polar surface area (TPSA) is 35.6 Å². The maximum absolute atomic E-state index is 12.7. The van der Waals surface area contributed by atoms with Crippen molar-refractivity contribution in [1.82, 2.24) is 15.1 Å². The van der Waals surface area contributed by atoms with Crippen LogP contribution >= 0.6 is 35.1 Å². The first kappa shape index (κ1) is 18.1. The Labute approximate surface area is 157 Å². The SMILES string of the molecule is CC1(CN2CCN(C(=O)c3cc4sccc4s3)CC2)CCNC1.Cl. The van der Waals surface area contributed by atoms with Crippen molar-refractivity contribution in [1.29, 1.82) is 0 Å². The number of nitrogens with one attached hydrogen (secondary N) is 1. The summed E-state index contributed by atoms with van der Waals surface area (Å²) in [5.41, 5.74) is 0.407. The molecule has 0 radical (unpaired) electrons. The number of rotatable bonds is 3. The van der Waals surface area contributed by atoms with Crippen LogP contribution in [0.15, 0.2) is 17.5 Å². The third-order valence-electron chi connectivity index (χ3n) is 5.07. The average molecular weight is 386 g/mol. The number of carbonyl (C=O) groups excluding carboxylic acids is 1. The van der Waals surface area contributed by atoms with Gasteiger partial charge < -0.3 is 10.2 Å². The van der Waals surface area contributed by atoms with E-state index in [1.165, 1.54) is 15.8 Å². The molecule has 1 atom stereocenters. The highest BCUT2D eigenvalue weighted by atomic mass is 35.5. The molecule has 1 N–H and O–H groups in total. The molecule has 7 heteroatoms. The zero-order valence-corrected chi connectivity index (χ0v) is 16.4. The van der Waals surface area contributed by atoms with Crippen LogP contribution < -0.4 is 5.32 Å². The highest BCUT2D eigenvalue weighted by molar-refractivity contribution is 7.27. The summed E-state index contributed by atoms with van der Waals surface area (Å²) in [6.07, 6.45) is 1.26. The summed E-state index contributed by atoms with van der Waals surface area (Å²) in [5, 5.41) is 5.56. The van der Waals surface area contributed by atoms with Crippen molar-refractivity contribution >= 4 is 50.4 Å². The van der Waals surface area contributed by atoms with E-state index < -0.39 is 0 Å². The molecule has 0 bridgehead atoms. The Morgan fingerprint density at radius 1 is 1.29 bits per heavy atom. The van der Waals surface area contributed by atoms with Gasteiger partial charge in [-0.25, -0.2) is 0 Å². The largest absolute Gasteiger partial charge is 0.335 e. The first-order valence-corrected chi connectivity index (χ1v) is 10.0. The molecule has 24 heavy (non-hydrogen) atoms. The second-order valence-corrected chi connectivity index (χ2v) is 9.10. The molecule has 2 aromatic rings. The van der Waals surface area contributed by atoms with Crippen LogP contribution in [0.2, 0.25) is 0 Å². The van der Waals surface area contributed by atoms with E-state index in [-0.39, 0.29) is 18.3 Å². The smallest absolute Gasteiger partial charge is 0.264 e. The quantitative estimate of drug-likeness (QED) is 0.881. The minimum absolute atomic E-state index is 0. The van der Waals surface area contributed by atoms with Crippen LogP contribution in [0.3, 0.4) is 0 Å². The molecule has 2 aromatic heterocycles. The van der Waals surface area contributed by atoms with Crippen LogP contribution in [0.1, 0.15) is 23.0 Å². The fraction of sp³-hybridized carbons (Fsp3) is 0.588. The molecular weight excluding hydrogens is 362 g/mol. The predicted molar refractivity (Wildman–Crippen MR) is 105 cm³/mol. The van der Waals surface area contributed by atoms with Gasteiger partial charge in [0.15, 0.2) is 0 Å². The first-order chi connectivity index (χ1) is 11.1. The van der Waals surface area contributed by atoms with Crippen molar-refractivity contribution < 1.29 is 4.79 Å². The Morgan fingerprint density at radius 2 is 2.08 bits per heavy atom. The van der Waals surface area contributed by atoms with Gasteiger partial charge in [0, 0.05) is 48.7 Å². The molecule has 0 aliphatic carbocycles. The maximum Gasteiger partial charge on any atom is 0.264 e. The Bertz CT molecular complexity index is 671. The van der Waals surface area contributed by atoms with E-state index in [9.17, 15) is 4.79 Å². The van der Waals surface area contributed by atoms with Crippen molar-refractivity contribution in [2.75, 3.05) is 45.8 Å². The van der Waals surface area contributed by atoms with Crippen LogP contribution in [0.5, 0.6) is 0 Å². The number of fused-ring (bicyclic) bond motifs is 1. The molecular formula is C17H24ClN3OS2. The molecule has 1 amide bonds. The van der Waals surface area contributed by atoms with Gasteiger partial charge in [0.05, 0.1) is 4.88 Å². The standard InChI is InChI=1S/C17H23N3OS2.ClH/c1-17(3-4-18-11-17)12-19-5-7-20(8-6-19)16(21)15-10-14-13(23-15)2-9-22-14;/h2,9-10,18H,3-8,11-12H2,1H3;1H. The molecule has 1 unspecified atom stereocenters.